The zero-order chi connectivity index (χ0) is 14.1. The summed E-state index contributed by atoms with van der Waals surface area (Å²) in [5.41, 5.74) is -7.13. The largest absolute Gasteiger partial charge is 0.620 e. The van der Waals surface area contributed by atoms with Crippen LogP contribution in [0.25, 0.3) is 0 Å². The van der Waals surface area contributed by atoms with Crippen LogP contribution in [0.3, 0.4) is 0 Å². The first kappa shape index (κ1) is 13.9. The van der Waals surface area contributed by atoms with E-state index in [0.29, 0.717) is 0 Å². The van der Waals surface area contributed by atoms with Gasteiger partial charge in [0, 0.05) is 0 Å². The van der Waals surface area contributed by atoms with E-state index in [1.165, 1.54) is 12.1 Å². The molecule has 1 aliphatic rings. The minimum absolute atomic E-state index is 0.654. The van der Waals surface area contributed by atoms with Gasteiger partial charge in [0.15, 0.2) is 11.8 Å². The Labute approximate surface area is 97.9 Å². The van der Waals surface area contributed by atoms with Crippen molar-refractivity contribution in [3.05, 3.63) is 16.6 Å². The number of quaternary nitrogens is 1. The third kappa shape index (κ3) is 2.25. The molecule has 0 fully saturated rings. The molecule has 0 amide bonds. The fourth-order valence-electron chi connectivity index (χ4n) is 0.896. The van der Waals surface area contributed by atoms with Gasteiger partial charge in [0.25, 0.3) is 5.70 Å². The molecule has 1 unspecified atom stereocenters. The second-order valence-corrected chi connectivity index (χ2v) is 4.38. The standard InChI is InChI=1S/C6H2F3N5O3S/c7-6(8,9)18(16,17)13-5-12-3(1-10)4(2-11)14(5)15/h14H,(H,12,13). The van der Waals surface area contributed by atoms with E-state index in [-0.39, 0.29) is 0 Å². The highest BCUT2D eigenvalue weighted by molar-refractivity contribution is 7.91. The minimum Gasteiger partial charge on any atom is -0.620 e. The summed E-state index contributed by atoms with van der Waals surface area (Å²) < 4.78 is 59.5. The molecule has 2 N–H and O–H groups in total. The second-order valence-electron chi connectivity index (χ2n) is 2.79. The molecule has 0 radical (unpaired) electrons. The number of rotatable bonds is 1. The molecule has 1 heterocycles. The van der Waals surface area contributed by atoms with Crippen molar-refractivity contribution in [2.45, 2.75) is 5.51 Å². The third-order valence-corrected chi connectivity index (χ3v) is 2.67. The quantitative estimate of drug-likeness (QED) is 0.558. The molecule has 0 aromatic carbocycles. The molecule has 1 rings (SSSR count). The topological polar surface area (TPSA) is 134 Å². The summed E-state index contributed by atoms with van der Waals surface area (Å²) in [6.07, 6.45) is 0. The lowest BCUT2D eigenvalue weighted by atomic mass is 10.4. The molecule has 0 saturated carbocycles. The van der Waals surface area contributed by atoms with E-state index in [9.17, 15) is 26.8 Å². The molecule has 1 aliphatic heterocycles. The number of hydrogen-bond donors (Lipinski definition) is 2. The van der Waals surface area contributed by atoms with Crippen LogP contribution in [0.5, 0.6) is 0 Å². The number of sulfonamides is 1. The van der Waals surface area contributed by atoms with Gasteiger partial charge in [0.2, 0.25) is 0 Å². The Morgan fingerprint density at radius 1 is 1.33 bits per heavy atom. The van der Waals surface area contributed by atoms with E-state index < -0.39 is 37.9 Å². The first-order valence-corrected chi connectivity index (χ1v) is 5.35. The average molecular weight is 281 g/mol. The van der Waals surface area contributed by atoms with Crippen LogP contribution in [0.2, 0.25) is 0 Å². The van der Waals surface area contributed by atoms with Crippen molar-refractivity contribution < 1.29 is 26.7 Å². The Balaban J connectivity index is 3.22. The highest BCUT2D eigenvalue weighted by atomic mass is 32.2. The Kier molecular flexibility index (Phi) is 3.30. The van der Waals surface area contributed by atoms with E-state index >= 15 is 0 Å². The lowest BCUT2D eigenvalue weighted by Crippen LogP contribution is -3.07. The summed E-state index contributed by atoms with van der Waals surface area (Å²) in [7, 11) is -5.92. The molecular formula is C6H2F3N5O3S. The molecular weight excluding hydrogens is 279 g/mol. The van der Waals surface area contributed by atoms with E-state index in [4.69, 9.17) is 10.5 Å². The number of alkyl halides is 3. The zero-order valence-electron chi connectivity index (χ0n) is 8.11. The summed E-state index contributed by atoms with van der Waals surface area (Å²) in [5.74, 6) is -1.24. The monoisotopic (exact) mass is 281 g/mol. The molecule has 0 spiro atoms. The van der Waals surface area contributed by atoms with E-state index in [0.717, 1.165) is 0 Å². The van der Waals surface area contributed by atoms with Gasteiger partial charge in [0.05, 0.1) is 0 Å². The number of hydroxylamine groups is 2. The first-order chi connectivity index (χ1) is 8.14. The third-order valence-electron chi connectivity index (χ3n) is 1.66. The normalized spacial score (nSPS) is 22.6. The minimum atomic E-state index is -5.92. The van der Waals surface area contributed by atoms with Gasteiger partial charge in [-0.2, -0.15) is 32.1 Å². The number of halogens is 3. The summed E-state index contributed by atoms with van der Waals surface area (Å²) in [6, 6.07) is 2.58. The Morgan fingerprint density at radius 2 is 1.89 bits per heavy atom. The Bertz CT molecular complexity index is 620. The van der Waals surface area contributed by atoms with Gasteiger partial charge in [-0.15, -0.1) is 0 Å². The molecule has 12 heteroatoms. The van der Waals surface area contributed by atoms with Gasteiger partial charge in [-0.05, 0) is 0 Å². The average Bonchev–Trinajstić information content (AvgIpc) is 2.53. The van der Waals surface area contributed by atoms with Crippen LogP contribution in [-0.2, 0) is 10.0 Å². The van der Waals surface area contributed by atoms with Crippen molar-refractivity contribution in [1.82, 2.24) is 5.32 Å². The maximum atomic E-state index is 12.0. The lowest BCUT2D eigenvalue weighted by Gasteiger charge is -2.13. The van der Waals surface area contributed by atoms with Crippen LogP contribution in [0.15, 0.2) is 15.8 Å². The van der Waals surface area contributed by atoms with Crippen molar-refractivity contribution in [2.75, 3.05) is 0 Å². The van der Waals surface area contributed by atoms with Crippen LogP contribution in [0, 0.1) is 27.9 Å². The summed E-state index contributed by atoms with van der Waals surface area (Å²) in [4.78, 5) is 0. The molecule has 18 heavy (non-hydrogen) atoms. The number of nitrogens with zero attached hydrogens (tertiary/aromatic N) is 3. The molecule has 96 valence electrons. The van der Waals surface area contributed by atoms with Gasteiger partial charge in [-0.3, -0.25) is 10.4 Å². The summed E-state index contributed by atoms with van der Waals surface area (Å²) >= 11 is 0. The van der Waals surface area contributed by atoms with Gasteiger partial charge in [0.1, 0.15) is 6.07 Å². The van der Waals surface area contributed by atoms with E-state index in [1.807, 2.05) is 0 Å². The molecule has 8 nitrogen and oxygen atoms in total. The fourth-order valence-corrected chi connectivity index (χ4v) is 1.37. The maximum absolute atomic E-state index is 12.0. The zero-order valence-corrected chi connectivity index (χ0v) is 8.93. The summed E-state index contributed by atoms with van der Waals surface area (Å²) in [6.45, 7) is 0. The van der Waals surface area contributed by atoms with Crippen LogP contribution in [0.4, 0.5) is 13.2 Å². The number of guanidine groups is 1. The van der Waals surface area contributed by atoms with Gasteiger partial charge in [-0.25, -0.2) is 0 Å². The van der Waals surface area contributed by atoms with Crippen molar-refractivity contribution in [3.8, 4) is 12.1 Å². The second kappa shape index (κ2) is 4.26. The molecule has 0 bridgehead atoms. The fraction of sp³-hybridized carbons (Fsp3) is 0.167. The SMILES string of the molecule is N#CC1=C(C#N)[NH+]([O-])/C(=N\S(=O)(=O)C(F)(F)F)N1. The van der Waals surface area contributed by atoms with Crippen LogP contribution >= 0.6 is 0 Å². The molecule has 0 aromatic heterocycles. The molecule has 1 atom stereocenters. The number of allylic oxidation sites excluding steroid dienone is 2. The highest BCUT2D eigenvalue weighted by Gasteiger charge is 2.48. The predicted molar refractivity (Wildman–Crippen MR) is 48.1 cm³/mol. The van der Waals surface area contributed by atoms with Crippen LogP contribution < -0.4 is 10.4 Å². The van der Waals surface area contributed by atoms with Crippen molar-refractivity contribution in [3.63, 3.8) is 0 Å². The van der Waals surface area contributed by atoms with E-state index in [2.05, 4.69) is 4.40 Å². The maximum Gasteiger partial charge on any atom is 0.518 e. The van der Waals surface area contributed by atoms with Gasteiger partial charge >= 0.3 is 21.5 Å². The number of hydrogen-bond acceptors (Lipinski definition) is 5. The number of nitrogens with one attached hydrogen (secondary N) is 2. The Morgan fingerprint density at radius 3 is 2.22 bits per heavy atom. The smallest absolute Gasteiger partial charge is 0.518 e. The van der Waals surface area contributed by atoms with Gasteiger partial charge < -0.3 is 5.21 Å². The van der Waals surface area contributed by atoms with Crippen molar-refractivity contribution in [1.29, 1.82) is 10.5 Å². The molecule has 0 aromatic rings. The first-order valence-electron chi connectivity index (χ1n) is 3.91. The van der Waals surface area contributed by atoms with Crippen LogP contribution in [-0.4, -0.2) is 19.9 Å². The van der Waals surface area contributed by atoms with Crippen molar-refractivity contribution >= 4 is 16.0 Å². The number of nitriles is 2. The highest BCUT2D eigenvalue weighted by Crippen LogP contribution is 2.24. The van der Waals surface area contributed by atoms with Crippen molar-refractivity contribution in [2.24, 2.45) is 4.40 Å². The molecule has 0 saturated heterocycles. The van der Waals surface area contributed by atoms with Gasteiger partial charge in [-0.1, -0.05) is 4.40 Å². The van der Waals surface area contributed by atoms with E-state index in [1.54, 1.807) is 5.32 Å². The summed E-state index contributed by atoms with van der Waals surface area (Å²) in [5, 5.41) is 28.5. The Hall–Kier alpha value is -2.15. The molecule has 0 aliphatic carbocycles. The van der Waals surface area contributed by atoms with Crippen LogP contribution in [0.1, 0.15) is 0 Å². The lowest BCUT2D eigenvalue weighted by molar-refractivity contribution is -0.693. The predicted octanol–water partition coefficient (Wildman–Crippen LogP) is -1.56.